The van der Waals surface area contributed by atoms with Crippen LogP contribution in [0.3, 0.4) is 0 Å². The van der Waals surface area contributed by atoms with Gasteiger partial charge in [0.1, 0.15) is 12.7 Å². The predicted octanol–water partition coefficient (Wildman–Crippen LogP) is 4.08. The van der Waals surface area contributed by atoms with E-state index in [0.717, 1.165) is 0 Å². The largest absolute Gasteiger partial charge is 0.493 e. The van der Waals surface area contributed by atoms with Gasteiger partial charge in [0, 0.05) is 37.5 Å². The van der Waals surface area contributed by atoms with Gasteiger partial charge in [-0.3, -0.25) is 24.0 Å². The van der Waals surface area contributed by atoms with E-state index in [1.807, 2.05) is 0 Å². The van der Waals surface area contributed by atoms with Crippen LogP contribution in [0.5, 0.6) is 28.7 Å². The highest BCUT2D eigenvalue weighted by atomic mass is 16.7. The third-order valence-electron chi connectivity index (χ3n) is 10.4. The fourth-order valence-corrected chi connectivity index (χ4v) is 7.62. The fourth-order valence-electron chi connectivity index (χ4n) is 7.62. The minimum absolute atomic E-state index is 0.0379. The van der Waals surface area contributed by atoms with E-state index in [-0.39, 0.29) is 39.1 Å². The summed E-state index contributed by atoms with van der Waals surface area (Å²) in [5, 5.41) is 0. The molecule has 2 fully saturated rings. The van der Waals surface area contributed by atoms with Gasteiger partial charge in [0.05, 0.1) is 40.0 Å². The molecule has 310 valence electrons. The van der Waals surface area contributed by atoms with Crippen molar-refractivity contribution in [3.8, 4) is 28.7 Å². The highest BCUT2D eigenvalue weighted by Gasteiger charge is 2.58. The van der Waals surface area contributed by atoms with Crippen LogP contribution in [0.25, 0.3) is 0 Å². The molecule has 17 heteroatoms. The summed E-state index contributed by atoms with van der Waals surface area (Å²) in [7, 11) is 4.47. The molecular formula is C40H48O17. The Bertz CT molecular complexity index is 1820. The molecule has 0 radical (unpaired) electrons. The molecule has 1 aliphatic carbocycles. The van der Waals surface area contributed by atoms with Crippen molar-refractivity contribution in [2.45, 2.75) is 96.1 Å². The molecule has 0 amide bonds. The van der Waals surface area contributed by atoms with Gasteiger partial charge in [-0.25, -0.2) is 0 Å². The van der Waals surface area contributed by atoms with E-state index >= 15 is 0 Å². The smallest absolute Gasteiger partial charge is 0.310 e. The minimum Gasteiger partial charge on any atom is -0.493 e. The highest BCUT2D eigenvalue weighted by Crippen LogP contribution is 2.57. The van der Waals surface area contributed by atoms with Crippen LogP contribution in [0.4, 0.5) is 0 Å². The van der Waals surface area contributed by atoms with Gasteiger partial charge in [-0.2, -0.15) is 0 Å². The van der Waals surface area contributed by atoms with Gasteiger partial charge in [0.15, 0.2) is 47.6 Å². The summed E-state index contributed by atoms with van der Waals surface area (Å²) in [5.74, 6) is -3.37. The number of hydrogen-bond acceptors (Lipinski definition) is 17. The number of methoxy groups -OCH3 is 3. The summed E-state index contributed by atoms with van der Waals surface area (Å²) in [4.78, 5) is 65.1. The fraction of sp³-hybridized carbons (Fsp3) is 0.575. The second-order valence-corrected chi connectivity index (χ2v) is 13.7. The van der Waals surface area contributed by atoms with Gasteiger partial charge < -0.3 is 56.8 Å². The van der Waals surface area contributed by atoms with Crippen LogP contribution in [-0.2, 0) is 57.1 Å². The Morgan fingerprint density at radius 2 is 1.25 bits per heavy atom. The van der Waals surface area contributed by atoms with Crippen molar-refractivity contribution in [1.82, 2.24) is 0 Å². The Morgan fingerprint density at radius 3 is 1.81 bits per heavy atom. The molecule has 2 aromatic carbocycles. The number of carbonyl (C=O) groups is 5. The lowest BCUT2D eigenvalue weighted by atomic mass is 9.66. The quantitative estimate of drug-likeness (QED) is 0.184. The lowest BCUT2D eigenvalue weighted by molar-refractivity contribution is -0.323. The van der Waals surface area contributed by atoms with Crippen molar-refractivity contribution in [3.05, 3.63) is 41.0 Å². The summed E-state index contributed by atoms with van der Waals surface area (Å²) in [6.07, 6.45) is -8.29. The molecule has 6 rings (SSSR count). The van der Waals surface area contributed by atoms with Crippen LogP contribution in [0.15, 0.2) is 24.3 Å². The third-order valence-corrected chi connectivity index (χ3v) is 10.4. The molecule has 2 aromatic rings. The zero-order chi connectivity index (χ0) is 41.0. The van der Waals surface area contributed by atoms with Gasteiger partial charge in [-0.15, -0.1) is 0 Å². The number of benzene rings is 2. The van der Waals surface area contributed by atoms with Gasteiger partial charge in [0.25, 0.3) is 0 Å². The van der Waals surface area contributed by atoms with E-state index in [0.29, 0.717) is 45.4 Å². The Kier molecular flexibility index (Phi) is 13.0. The maximum absolute atomic E-state index is 13.9. The maximum atomic E-state index is 13.9. The van der Waals surface area contributed by atoms with Gasteiger partial charge >= 0.3 is 29.8 Å². The summed E-state index contributed by atoms with van der Waals surface area (Å²) in [6.45, 7) is 5.78. The summed E-state index contributed by atoms with van der Waals surface area (Å²) in [5.41, 5.74) is 1.83. The van der Waals surface area contributed by atoms with Crippen molar-refractivity contribution in [2.75, 3.05) is 41.3 Å². The van der Waals surface area contributed by atoms with Crippen molar-refractivity contribution < 1.29 is 80.8 Å². The second kappa shape index (κ2) is 17.9. The molecule has 0 saturated carbocycles. The van der Waals surface area contributed by atoms with Gasteiger partial charge in [-0.1, -0.05) is 27.7 Å². The van der Waals surface area contributed by atoms with Crippen molar-refractivity contribution in [3.63, 3.8) is 0 Å². The average molecular weight is 801 g/mol. The van der Waals surface area contributed by atoms with Crippen molar-refractivity contribution in [1.29, 1.82) is 0 Å². The first kappa shape index (κ1) is 41.3. The summed E-state index contributed by atoms with van der Waals surface area (Å²) < 4.78 is 70.6. The molecule has 57 heavy (non-hydrogen) atoms. The zero-order valence-corrected chi connectivity index (χ0v) is 32.9. The SMILES string of the molecule is CCC(=O)OC[C@H]1O[C@@H](O[C@@H]2c3cc4c(cc3[C@H](c3cc(OC)c(OC)c(OC)c3)[C@H]3C(=O)OC[C@@H]32)OCO4)[C@@H](OC(=O)CC)[C@@H](OC(=O)CC)[C@@H]1OC(=O)CC. The van der Waals surface area contributed by atoms with Crippen LogP contribution in [0, 0.1) is 11.8 Å². The molecule has 9 atom stereocenters. The molecule has 0 spiro atoms. The Labute approximate surface area is 329 Å². The molecule has 0 N–H and O–H groups in total. The van der Waals surface area contributed by atoms with E-state index in [1.165, 1.54) is 21.3 Å². The summed E-state index contributed by atoms with van der Waals surface area (Å²) in [6, 6.07) is 7.06. The maximum Gasteiger partial charge on any atom is 0.310 e. The number of esters is 5. The van der Waals surface area contributed by atoms with Gasteiger partial charge in [-0.05, 0) is 41.0 Å². The van der Waals surface area contributed by atoms with Crippen molar-refractivity contribution in [2.24, 2.45) is 11.8 Å². The molecule has 3 heterocycles. The van der Waals surface area contributed by atoms with E-state index in [4.69, 9.17) is 56.8 Å². The van der Waals surface area contributed by atoms with Gasteiger partial charge in [0.2, 0.25) is 12.5 Å². The van der Waals surface area contributed by atoms with Crippen LogP contribution in [0.2, 0.25) is 0 Å². The van der Waals surface area contributed by atoms with Crippen molar-refractivity contribution >= 4 is 29.8 Å². The number of cyclic esters (lactones) is 1. The molecule has 0 bridgehead atoms. The molecule has 3 aliphatic heterocycles. The molecule has 0 aromatic heterocycles. The molecule has 2 saturated heterocycles. The first-order valence-electron chi connectivity index (χ1n) is 18.9. The third kappa shape index (κ3) is 8.26. The Morgan fingerprint density at radius 1 is 0.684 bits per heavy atom. The Hall–Kier alpha value is -5.29. The Balaban J connectivity index is 1.50. The highest BCUT2D eigenvalue weighted by molar-refractivity contribution is 5.79. The van der Waals surface area contributed by atoms with E-state index < -0.39 is 91.0 Å². The van der Waals surface area contributed by atoms with E-state index in [9.17, 15) is 24.0 Å². The van der Waals surface area contributed by atoms with Crippen LogP contribution >= 0.6 is 0 Å². The second-order valence-electron chi connectivity index (χ2n) is 13.7. The van der Waals surface area contributed by atoms with Crippen LogP contribution < -0.4 is 23.7 Å². The molecule has 4 aliphatic rings. The number of fused-ring (bicyclic) bond motifs is 3. The topological polar surface area (TPSA) is 196 Å². The summed E-state index contributed by atoms with van der Waals surface area (Å²) >= 11 is 0. The van der Waals surface area contributed by atoms with E-state index in [2.05, 4.69) is 0 Å². The first-order chi connectivity index (χ1) is 27.5. The average Bonchev–Trinajstić information content (AvgIpc) is 3.85. The zero-order valence-electron chi connectivity index (χ0n) is 32.9. The van der Waals surface area contributed by atoms with Crippen LogP contribution in [0.1, 0.15) is 82.1 Å². The number of ether oxygens (including phenoxy) is 12. The minimum atomic E-state index is -1.53. The molecule has 17 nitrogen and oxygen atoms in total. The number of rotatable bonds is 15. The lowest BCUT2D eigenvalue weighted by Gasteiger charge is -2.47. The molecular weight excluding hydrogens is 752 g/mol. The van der Waals surface area contributed by atoms with Crippen LogP contribution in [-0.4, -0.2) is 102 Å². The monoisotopic (exact) mass is 800 g/mol. The van der Waals surface area contributed by atoms with E-state index in [1.54, 1.807) is 52.0 Å². The molecule has 0 unspecified atom stereocenters. The standard InChI is InChI=1S/C40H48O17/c1-8-28(41)49-17-27-36(54-29(42)9-2)37(55-30(43)10-3)38(56-31(44)11-4)40(53-27)57-34-21-15-24-23(51-18-52-24)14-20(21)32(33-22(34)16-50-39(33)45)19-12-25(46-5)35(48-7)26(13-19)47-6/h12-15,22,27,32-34,36-38,40H,8-11,16-18H2,1-7H3/t22-,27+,32-,33-,34+,36+,37-,38-,40-/m0/s1. The first-order valence-corrected chi connectivity index (χ1v) is 18.9. The predicted molar refractivity (Wildman–Crippen MR) is 193 cm³/mol. The number of carbonyl (C=O) groups excluding carboxylic acids is 5. The normalized spacial score (nSPS) is 26.9. The lowest BCUT2D eigenvalue weighted by Crippen LogP contribution is -2.63. The number of hydrogen-bond donors (Lipinski definition) is 0.